The van der Waals surface area contributed by atoms with Crippen LogP contribution in [0.5, 0.6) is 5.75 Å². The van der Waals surface area contributed by atoms with Crippen LogP contribution in [0.4, 0.5) is 0 Å². The quantitative estimate of drug-likeness (QED) is 0.429. The molecule has 0 fully saturated rings. The van der Waals surface area contributed by atoms with Crippen molar-refractivity contribution in [3.05, 3.63) is 59.7 Å². The lowest BCUT2D eigenvalue weighted by molar-refractivity contribution is -0.152. The minimum Gasteiger partial charge on any atom is -0.480 e. The van der Waals surface area contributed by atoms with Gasteiger partial charge in [-0.15, -0.1) is 0 Å². The molecule has 0 saturated heterocycles. The van der Waals surface area contributed by atoms with Crippen molar-refractivity contribution < 1.29 is 37.2 Å². The van der Waals surface area contributed by atoms with Crippen molar-refractivity contribution in [3.63, 3.8) is 0 Å². The van der Waals surface area contributed by atoms with E-state index in [4.69, 9.17) is 14.4 Å². The van der Waals surface area contributed by atoms with E-state index in [1.54, 1.807) is 12.1 Å². The molecule has 31 heavy (non-hydrogen) atoms. The maximum atomic E-state index is 12.5. The molecule has 0 aliphatic carbocycles. The number of benzene rings is 2. The summed E-state index contributed by atoms with van der Waals surface area (Å²) < 4.78 is 30.1. The first-order valence-electron chi connectivity index (χ1n) is 9.20. The fraction of sp³-hybridized carbons (Fsp3) is 0.286. The summed E-state index contributed by atoms with van der Waals surface area (Å²) in [5.74, 6) is -4.62. The zero-order valence-electron chi connectivity index (χ0n) is 17.2. The lowest BCUT2D eigenvalue weighted by Gasteiger charge is -2.19. The Kier molecular flexibility index (Phi) is 7.06. The number of aliphatic carboxylic acids is 2. The number of amides is 1. The monoisotopic (exact) mass is 449 g/mol. The summed E-state index contributed by atoms with van der Waals surface area (Å²) in [5, 5.41) is 19.6. The number of carbonyl (C=O) groups excluding carboxylic acids is 1. The minimum absolute atomic E-state index is 0.00750. The number of carbonyl (C=O) groups is 3. The Bertz CT molecular complexity index is 1070. The van der Waals surface area contributed by atoms with E-state index < -0.39 is 34.0 Å². The van der Waals surface area contributed by atoms with Crippen LogP contribution in [0, 0.1) is 0 Å². The second kappa shape index (κ2) is 9.17. The Morgan fingerprint density at radius 3 is 1.97 bits per heavy atom. The summed E-state index contributed by atoms with van der Waals surface area (Å²) in [6, 6.07) is 10.4. The van der Waals surface area contributed by atoms with E-state index in [1.165, 1.54) is 36.4 Å². The number of hydrogen-bond donors (Lipinski definition) is 3. The zero-order valence-corrected chi connectivity index (χ0v) is 18.0. The molecule has 166 valence electrons. The highest BCUT2D eigenvalue weighted by Crippen LogP contribution is 2.25. The molecule has 0 aliphatic rings. The molecule has 3 N–H and O–H groups in total. The van der Waals surface area contributed by atoms with E-state index in [0.717, 1.165) is 5.56 Å². The normalized spacial score (nSPS) is 12.6. The van der Waals surface area contributed by atoms with Crippen LogP contribution in [0.3, 0.4) is 0 Å². The summed E-state index contributed by atoms with van der Waals surface area (Å²) in [6.45, 7) is 6.03. The Balaban J connectivity index is 2.11. The van der Waals surface area contributed by atoms with E-state index >= 15 is 0 Å². The van der Waals surface area contributed by atoms with Gasteiger partial charge in [-0.3, -0.25) is 4.79 Å². The first-order valence-corrected chi connectivity index (χ1v) is 10.6. The van der Waals surface area contributed by atoms with Crippen LogP contribution in [-0.2, 0) is 36.3 Å². The predicted molar refractivity (Wildman–Crippen MR) is 110 cm³/mol. The molecule has 2 aromatic carbocycles. The molecular formula is C21H23NO8S. The Hall–Kier alpha value is -3.40. The lowest BCUT2D eigenvalue weighted by Crippen LogP contribution is -2.45. The van der Waals surface area contributed by atoms with Crippen LogP contribution >= 0.6 is 0 Å². The first-order chi connectivity index (χ1) is 14.3. The Labute approximate surface area is 179 Å². The molecule has 2 rings (SSSR count). The van der Waals surface area contributed by atoms with Crippen LogP contribution in [0.1, 0.15) is 31.9 Å². The van der Waals surface area contributed by atoms with Crippen molar-refractivity contribution >= 4 is 28.0 Å². The van der Waals surface area contributed by atoms with E-state index in [-0.39, 0.29) is 22.5 Å². The maximum absolute atomic E-state index is 12.5. The average molecular weight is 449 g/mol. The van der Waals surface area contributed by atoms with Crippen molar-refractivity contribution in [2.75, 3.05) is 0 Å². The smallest absolute Gasteiger partial charge is 0.394 e. The molecule has 0 unspecified atom stereocenters. The molecule has 10 heteroatoms. The molecule has 0 saturated carbocycles. The summed E-state index contributed by atoms with van der Waals surface area (Å²) >= 11 is 0. The minimum atomic E-state index is -4.07. The van der Waals surface area contributed by atoms with Gasteiger partial charge in [0.2, 0.25) is 0 Å². The molecule has 0 bridgehead atoms. The number of rotatable bonds is 7. The molecule has 9 nitrogen and oxygen atoms in total. The molecule has 0 radical (unpaired) electrons. The van der Waals surface area contributed by atoms with Crippen molar-refractivity contribution in [1.82, 2.24) is 5.32 Å². The van der Waals surface area contributed by atoms with Gasteiger partial charge >= 0.3 is 28.0 Å². The summed E-state index contributed by atoms with van der Waals surface area (Å²) in [6.07, 6.45) is -0.199. The largest absolute Gasteiger partial charge is 0.480 e. The van der Waals surface area contributed by atoms with Gasteiger partial charge in [-0.1, -0.05) is 45.0 Å². The molecule has 2 aromatic rings. The zero-order chi connectivity index (χ0) is 23.4. The van der Waals surface area contributed by atoms with Crippen molar-refractivity contribution in [2.24, 2.45) is 0 Å². The highest BCUT2D eigenvalue weighted by atomic mass is 32.2. The van der Waals surface area contributed by atoms with Crippen LogP contribution in [0.2, 0.25) is 0 Å². The van der Waals surface area contributed by atoms with Crippen LogP contribution in [0.25, 0.3) is 0 Å². The third-order valence-corrected chi connectivity index (χ3v) is 5.64. The first kappa shape index (κ1) is 23.9. The fourth-order valence-electron chi connectivity index (χ4n) is 2.63. The molecular weight excluding hydrogens is 426 g/mol. The molecule has 0 aliphatic heterocycles. The number of hydrogen-bond acceptors (Lipinski definition) is 6. The third kappa shape index (κ3) is 6.54. The Morgan fingerprint density at radius 1 is 0.968 bits per heavy atom. The van der Waals surface area contributed by atoms with Gasteiger partial charge < -0.3 is 19.7 Å². The predicted octanol–water partition coefficient (Wildman–Crippen LogP) is 1.95. The highest BCUT2D eigenvalue weighted by molar-refractivity contribution is 7.87. The van der Waals surface area contributed by atoms with Crippen LogP contribution in [0.15, 0.2) is 53.4 Å². The summed E-state index contributed by atoms with van der Waals surface area (Å²) in [4.78, 5) is 33.0. The van der Waals surface area contributed by atoms with Gasteiger partial charge in [-0.05, 0) is 40.8 Å². The van der Waals surface area contributed by atoms with Gasteiger partial charge in [0.1, 0.15) is 16.7 Å². The van der Waals surface area contributed by atoms with Gasteiger partial charge in [0.25, 0.3) is 0 Å². The van der Waals surface area contributed by atoms with Crippen LogP contribution in [-0.4, -0.2) is 42.5 Å². The summed E-state index contributed by atoms with van der Waals surface area (Å²) in [5.41, 5.74) is 1.27. The van der Waals surface area contributed by atoms with E-state index in [0.29, 0.717) is 5.56 Å². The van der Waals surface area contributed by atoms with Gasteiger partial charge in [-0.25, -0.2) is 9.59 Å². The molecule has 0 aromatic heterocycles. The topological polar surface area (TPSA) is 147 Å². The molecule has 1 atom stereocenters. The summed E-state index contributed by atoms with van der Waals surface area (Å²) in [7, 11) is -4.07. The molecule has 1 amide bonds. The highest BCUT2D eigenvalue weighted by Gasteiger charge is 2.24. The third-order valence-electron chi connectivity index (χ3n) is 4.38. The average Bonchev–Trinajstić information content (AvgIpc) is 2.67. The second-order valence-electron chi connectivity index (χ2n) is 7.83. The molecule has 0 spiro atoms. The van der Waals surface area contributed by atoms with E-state index in [2.05, 4.69) is 0 Å². The van der Waals surface area contributed by atoms with Gasteiger partial charge in [-0.2, -0.15) is 8.42 Å². The van der Waals surface area contributed by atoms with Gasteiger partial charge in [0.05, 0.1) is 0 Å². The van der Waals surface area contributed by atoms with Gasteiger partial charge in [0.15, 0.2) is 0 Å². The number of nitrogens with one attached hydrogen (secondary N) is 1. The van der Waals surface area contributed by atoms with Crippen molar-refractivity contribution in [3.8, 4) is 5.75 Å². The number of carboxylic acid groups (broad SMARTS) is 2. The lowest BCUT2D eigenvalue weighted by atomic mass is 9.87. The van der Waals surface area contributed by atoms with Gasteiger partial charge in [0, 0.05) is 6.42 Å². The second-order valence-corrected chi connectivity index (χ2v) is 9.38. The fourth-order valence-corrected chi connectivity index (χ4v) is 3.56. The van der Waals surface area contributed by atoms with Crippen LogP contribution < -0.4 is 9.50 Å². The maximum Gasteiger partial charge on any atom is 0.394 e. The van der Waals surface area contributed by atoms with E-state index in [9.17, 15) is 22.8 Å². The standard InChI is InChI=1S/C21H23NO8S/c1-21(2,3)14-6-10-16(11-7-14)31(28,29)30-15-8-4-13(5-9-15)12-17(19(24)25)22-18(23)20(26)27/h4-11,17H,12H2,1-3H3,(H,22,23)(H,24,25)(H,26,27)/t17-/m1/s1. The van der Waals surface area contributed by atoms with Crippen molar-refractivity contribution in [1.29, 1.82) is 0 Å². The SMILES string of the molecule is CC(C)(C)c1ccc(S(=O)(=O)Oc2ccc(C[C@@H](NC(=O)C(=O)O)C(=O)O)cc2)cc1. The number of carboxylic acids is 2. The van der Waals surface area contributed by atoms with E-state index in [1.807, 2.05) is 26.1 Å². The van der Waals surface area contributed by atoms with Crippen molar-refractivity contribution in [2.45, 2.75) is 43.5 Å². The molecule has 0 heterocycles. The Morgan fingerprint density at radius 2 is 1.52 bits per heavy atom.